The summed E-state index contributed by atoms with van der Waals surface area (Å²) in [6.07, 6.45) is 0.294. The smallest absolute Gasteiger partial charge is 0.261 e. The fraction of sp³-hybridized carbons (Fsp3) is 0.238. The summed E-state index contributed by atoms with van der Waals surface area (Å²) in [6.45, 7) is 1.96. The maximum absolute atomic E-state index is 12.8. The van der Waals surface area contributed by atoms with Crippen molar-refractivity contribution in [2.75, 3.05) is 6.54 Å². The van der Waals surface area contributed by atoms with Crippen LogP contribution in [0.1, 0.15) is 44.7 Å². The molecule has 3 rings (SSSR count). The van der Waals surface area contributed by atoms with Gasteiger partial charge in [-0.2, -0.15) is 0 Å². The molecule has 2 aromatic carbocycles. The number of carbonyl (C=O) groups is 4. The molecule has 0 aromatic heterocycles. The monoisotopic (exact) mass is 397 g/mol. The van der Waals surface area contributed by atoms with Crippen LogP contribution in [0.15, 0.2) is 42.5 Å². The van der Waals surface area contributed by atoms with Crippen LogP contribution in [0.5, 0.6) is 0 Å². The van der Waals surface area contributed by atoms with E-state index in [0.29, 0.717) is 16.7 Å². The number of hydrogen-bond donors (Lipinski definition) is 2. The third-order valence-corrected chi connectivity index (χ3v) is 4.53. The highest BCUT2D eigenvalue weighted by Gasteiger charge is 2.34. The highest BCUT2D eigenvalue weighted by Crippen LogP contribution is 2.24. The topological polar surface area (TPSA) is 95.6 Å². The highest BCUT2D eigenvalue weighted by molar-refractivity contribution is 6.21. The van der Waals surface area contributed by atoms with Crippen LogP contribution < -0.4 is 10.9 Å². The second-order valence-corrected chi connectivity index (χ2v) is 6.81. The van der Waals surface area contributed by atoms with Crippen molar-refractivity contribution in [3.8, 4) is 0 Å². The maximum atomic E-state index is 12.8. The van der Waals surface area contributed by atoms with Crippen LogP contribution in [0.4, 0.5) is 4.39 Å². The molecule has 150 valence electrons. The number of benzene rings is 2. The van der Waals surface area contributed by atoms with E-state index in [2.05, 4.69) is 10.9 Å². The molecule has 0 saturated carbocycles. The van der Waals surface area contributed by atoms with Crippen LogP contribution in [-0.4, -0.2) is 35.1 Å². The summed E-state index contributed by atoms with van der Waals surface area (Å²) in [5, 5.41) is 0. The Kier molecular flexibility index (Phi) is 6.01. The van der Waals surface area contributed by atoms with Gasteiger partial charge in [-0.05, 0) is 43.2 Å². The van der Waals surface area contributed by atoms with Gasteiger partial charge in [0.1, 0.15) is 5.82 Å². The first-order valence-electron chi connectivity index (χ1n) is 9.14. The average molecular weight is 397 g/mol. The van der Waals surface area contributed by atoms with Crippen LogP contribution in [0.2, 0.25) is 0 Å². The third-order valence-electron chi connectivity index (χ3n) is 4.53. The van der Waals surface area contributed by atoms with Gasteiger partial charge < -0.3 is 0 Å². The molecule has 1 heterocycles. The molecule has 0 fully saturated rings. The third kappa shape index (κ3) is 4.84. The predicted molar refractivity (Wildman–Crippen MR) is 102 cm³/mol. The van der Waals surface area contributed by atoms with Crippen molar-refractivity contribution in [3.63, 3.8) is 0 Å². The molecule has 1 aliphatic rings. The number of amides is 4. The number of nitrogens with one attached hydrogen (secondary N) is 2. The van der Waals surface area contributed by atoms with E-state index in [4.69, 9.17) is 0 Å². The quantitative estimate of drug-likeness (QED) is 0.575. The van der Waals surface area contributed by atoms with Gasteiger partial charge in [0.15, 0.2) is 0 Å². The Morgan fingerprint density at radius 2 is 1.59 bits per heavy atom. The van der Waals surface area contributed by atoms with Crippen molar-refractivity contribution in [2.24, 2.45) is 0 Å². The molecule has 0 bridgehead atoms. The Bertz CT molecular complexity index is 972. The Morgan fingerprint density at radius 3 is 2.31 bits per heavy atom. The van der Waals surface area contributed by atoms with Crippen molar-refractivity contribution in [1.29, 1.82) is 0 Å². The van der Waals surface area contributed by atoms with E-state index in [1.807, 2.05) is 6.92 Å². The Hall–Kier alpha value is -3.55. The molecule has 0 radical (unpaired) electrons. The summed E-state index contributed by atoms with van der Waals surface area (Å²) in [6, 6.07) is 10.6. The number of hydrogen-bond acceptors (Lipinski definition) is 4. The molecule has 29 heavy (non-hydrogen) atoms. The van der Waals surface area contributed by atoms with E-state index in [9.17, 15) is 23.6 Å². The minimum atomic E-state index is -0.444. The molecule has 1 aliphatic heterocycles. The first-order valence-corrected chi connectivity index (χ1v) is 9.14. The standard InChI is InChI=1S/C21H20FN3O4/c1-13-4-9-16-17(11-13)21(29)25(20(16)28)10-2-3-18(26)23-24-19(27)12-14-5-7-15(22)8-6-14/h4-9,11H,2-3,10,12H2,1H3,(H,23,26)(H,24,27). The average Bonchev–Trinajstić information content (AvgIpc) is 2.92. The molecular formula is C21H20FN3O4. The van der Waals surface area contributed by atoms with E-state index in [0.717, 1.165) is 10.5 Å². The van der Waals surface area contributed by atoms with E-state index in [1.165, 1.54) is 24.3 Å². The molecule has 0 unspecified atom stereocenters. The molecule has 2 aromatic rings. The molecule has 0 atom stereocenters. The molecule has 2 N–H and O–H groups in total. The van der Waals surface area contributed by atoms with E-state index < -0.39 is 17.6 Å². The second-order valence-electron chi connectivity index (χ2n) is 6.81. The van der Waals surface area contributed by atoms with Crippen LogP contribution in [0.3, 0.4) is 0 Å². The number of halogens is 1. The lowest BCUT2D eigenvalue weighted by Crippen LogP contribution is -2.42. The Morgan fingerprint density at radius 1 is 0.931 bits per heavy atom. The summed E-state index contributed by atoms with van der Waals surface area (Å²) >= 11 is 0. The largest absolute Gasteiger partial charge is 0.274 e. The van der Waals surface area contributed by atoms with Crippen LogP contribution >= 0.6 is 0 Å². The minimum absolute atomic E-state index is 0.00494. The van der Waals surface area contributed by atoms with E-state index in [-0.39, 0.29) is 37.6 Å². The fourth-order valence-corrected chi connectivity index (χ4v) is 3.04. The number of rotatable bonds is 6. The van der Waals surface area contributed by atoms with Crippen LogP contribution in [-0.2, 0) is 16.0 Å². The zero-order chi connectivity index (χ0) is 21.0. The molecule has 0 aliphatic carbocycles. The zero-order valence-corrected chi connectivity index (χ0v) is 15.8. The fourth-order valence-electron chi connectivity index (χ4n) is 3.04. The molecule has 0 spiro atoms. The van der Waals surface area contributed by atoms with Gasteiger partial charge in [-0.3, -0.25) is 34.9 Å². The molecule has 4 amide bonds. The lowest BCUT2D eigenvalue weighted by molar-refractivity contribution is -0.128. The first-order chi connectivity index (χ1) is 13.8. The van der Waals surface area contributed by atoms with Gasteiger partial charge in [0.05, 0.1) is 17.5 Å². The number of hydrazine groups is 1. The minimum Gasteiger partial charge on any atom is -0.274 e. The maximum Gasteiger partial charge on any atom is 0.261 e. The van der Waals surface area contributed by atoms with Crippen molar-refractivity contribution < 1.29 is 23.6 Å². The SMILES string of the molecule is Cc1ccc2c(c1)C(=O)N(CCCC(=O)NNC(=O)Cc1ccc(F)cc1)C2=O. The van der Waals surface area contributed by atoms with Crippen molar-refractivity contribution >= 4 is 23.6 Å². The summed E-state index contributed by atoms with van der Waals surface area (Å²) in [5.41, 5.74) is 6.82. The van der Waals surface area contributed by atoms with Gasteiger partial charge in [-0.1, -0.05) is 23.8 Å². The van der Waals surface area contributed by atoms with Crippen LogP contribution in [0, 0.1) is 12.7 Å². The number of carbonyl (C=O) groups excluding carboxylic acids is 4. The van der Waals surface area contributed by atoms with E-state index >= 15 is 0 Å². The molecule has 8 heteroatoms. The van der Waals surface area contributed by atoms with Gasteiger partial charge in [0.25, 0.3) is 11.8 Å². The van der Waals surface area contributed by atoms with Gasteiger partial charge in [0, 0.05) is 13.0 Å². The molecular weight excluding hydrogens is 377 g/mol. The summed E-state index contributed by atoms with van der Waals surface area (Å²) in [7, 11) is 0. The van der Waals surface area contributed by atoms with Crippen molar-refractivity contribution in [2.45, 2.75) is 26.2 Å². The normalized spacial score (nSPS) is 12.7. The predicted octanol–water partition coefficient (Wildman–Crippen LogP) is 1.90. The van der Waals surface area contributed by atoms with Crippen LogP contribution in [0.25, 0.3) is 0 Å². The van der Waals surface area contributed by atoms with E-state index in [1.54, 1.807) is 18.2 Å². The zero-order valence-electron chi connectivity index (χ0n) is 15.8. The lowest BCUT2D eigenvalue weighted by atomic mass is 10.1. The lowest BCUT2D eigenvalue weighted by Gasteiger charge is -2.13. The summed E-state index contributed by atoms with van der Waals surface area (Å²) < 4.78 is 12.8. The molecule has 7 nitrogen and oxygen atoms in total. The molecule has 0 saturated heterocycles. The van der Waals surface area contributed by atoms with Gasteiger partial charge >= 0.3 is 0 Å². The summed E-state index contributed by atoms with van der Waals surface area (Å²) in [4.78, 5) is 49.5. The number of nitrogens with zero attached hydrogens (tertiary/aromatic N) is 1. The number of aryl methyl sites for hydroxylation is 1. The van der Waals surface area contributed by atoms with Gasteiger partial charge in [-0.25, -0.2) is 4.39 Å². The number of imide groups is 1. The second kappa shape index (κ2) is 8.64. The van der Waals surface area contributed by atoms with Gasteiger partial charge in [0.2, 0.25) is 11.8 Å². The highest BCUT2D eigenvalue weighted by atomic mass is 19.1. The Balaban J connectivity index is 1.41. The van der Waals surface area contributed by atoms with Crippen molar-refractivity contribution in [3.05, 3.63) is 70.5 Å². The first kappa shape index (κ1) is 20.2. The van der Waals surface area contributed by atoms with Crippen molar-refractivity contribution in [1.82, 2.24) is 15.8 Å². The van der Waals surface area contributed by atoms with Gasteiger partial charge in [-0.15, -0.1) is 0 Å². The Labute approximate surface area is 166 Å². The summed E-state index contributed by atoms with van der Waals surface area (Å²) in [5.74, 6) is -2.00. The number of fused-ring (bicyclic) bond motifs is 1.